The Hall–Kier alpha value is -5.80. The highest BCUT2D eigenvalue weighted by Gasteiger charge is 2.22. The summed E-state index contributed by atoms with van der Waals surface area (Å²) < 4.78 is 19.3. The van der Waals surface area contributed by atoms with Crippen molar-refractivity contribution in [1.82, 2.24) is 0 Å². The molecule has 0 N–H and O–H groups in total. The second-order valence-corrected chi connectivity index (χ2v) is 11.3. The average Bonchev–Trinajstić information content (AvgIpc) is 3.79. The maximum Gasteiger partial charge on any atom is 0.136 e. The van der Waals surface area contributed by atoms with Gasteiger partial charge in [-0.15, -0.1) is 0 Å². The van der Waals surface area contributed by atoms with Gasteiger partial charge in [-0.1, -0.05) is 84.9 Å². The molecule has 10 aromatic rings. The van der Waals surface area contributed by atoms with Gasteiger partial charge < -0.3 is 13.3 Å². The van der Waals surface area contributed by atoms with Gasteiger partial charge in [0.25, 0.3) is 0 Å². The van der Waals surface area contributed by atoms with Crippen molar-refractivity contribution in [2.75, 3.05) is 0 Å². The fraction of sp³-hybridized carbons (Fsp3) is 0. The first-order valence-corrected chi connectivity index (χ1v) is 14.5. The van der Waals surface area contributed by atoms with E-state index in [4.69, 9.17) is 13.3 Å². The van der Waals surface area contributed by atoms with Crippen LogP contribution >= 0.6 is 0 Å². The summed E-state index contributed by atoms with van der Waals surface area (Å²) in [6, 6.07) is 46.5. The summed E-state index contributed by atoms with van der Waals surface area (Å²) in [6.45, 7) is 0. The first-order valence-electron chi connectivity index (χ1n) is 14.5. The van der Waals surface area contributed by atoms with Crippen molar-refractivity contribution >= 4 is 65.2 Å². The number of fused-ring (bicyclic) bond motifs is 3. The molecule has 0 saturated heterocycles. The molecule has 0 aliphatic carbocycles. The predicted molar refractivity (Wildman–Crippen MR) is 176 cm³/mol. The first kappa shape index (κ1) is 22.8. The van der Waals surface area contributed by atoms with E-state index in [0.717, 1.165) is 83.0 Å². The third-order valence-corrected chi connectivity index (χ3v) is 8.85. The lowest BCUT2D eigenvalue weighted by Crippen LogP contribution is -1.91. The van der Waals surface area contributed by atoms with Crippen molar-refractivity contribution in [3.8, 4) is 34.0 Å². The molecule has 0 bridgehead atoms. The molecule has 0 atom stereocenters. The lowest BCUT2D eigenvalue weighted by atomic mass is 9.86. The Bertz CT molecular complexity index is 2490. The maximum absolute atomic E-state index is 6.48. The smallest absolute Gasteiger partial charge is 0.136 e. The number of benzene rings is 7. The number of hydrogen-bond acceptors (Lipinski definition) is 3. The summed E-state index contributed by atoms with van der Waals surface area (Å²) >= 11 is 0. The fourth-order valence-corrected chi connectivity index (χ4v) is 6.86. The highest BCUT2D eigenvalue weighted by molar-refractivity contribution is 6.29. The SMILES string of the molecule is c1ccc2oc(-c3ccc4ccc5c(-c6cc7ccccc7o6)cc(-c6cc7ccccc7o6)c6ccc3c4c56)cc2c1. The lowest BCUT2D eigenvalue weighted by molar-refractivity contribution is 0.630. The molecule has 7 aromatic carbocycles. The van der Waals surface area contributed by atoms with Crippen molar-refractivity contribution in [3.05, 3.63) is 133 Å². The zero-order valence-corrected chi connectivity index (χ0v) is 22.9. The van der Waals surface area contributed by atoms with Crippen LogP contribution in [0, 0.1) is 0 Å². The number of para-hydroxylation sites is 3. The molecular formula is C40H22O3. The van der Waals surface area contributed by atoms with Crippen LogP contribution in [-0.2, 0) is 0 Å². The first-order chi connectivity index (χ1) is 21.3. The minimum absolute atomic E-state index is 0.842. The van der Waals surface area contributed by atoms with E-state index in [0.29, 0.717) is 0 Å². The van der Waals surface area contributed by atoms with E-state index in [-0.39, 0.29) is 0 Å². The van der Waals surface area contributed by atoms with E-state index < -0.39 is 0 Å². The second kappa shape index (κ2) is 8.37. The largest absolute Gasteiger partial charge is 0.456 e. The van der Waals surface area contributed by atoms with E-state index in [1.165, 1.54) is 16.2 Å². The molecule has 0 aliphatic rings. The molecule has 3 heterocycles. The van der Waals surface area contributed by atoms with Crippen LogP contribution in [0.4, 0.5) is 0 Å². The number of hydrogen-bond donors (Lipinski definition) is 0. The van der Waals surface area contributed by atoms with E-state index >= 15 is 0 Å². The molecule has 0 fully saturated rings. The lowest BCUT2D eigenvalue weighted by Gasteiger charge is -2.17. The number of furan rings is 3. The van der Waals surface area contributed by atoms with Crippen LogP contribution in [0.15, 0.2) is 147 Å². The highest BCUT2D eigenvalue weighted by atomic mass is 16.3. The van der Waals surface area contributed by atoms with Gasteiger partial charge in [0, 0.05) is 32.8 Å². The van der Waals surface area contributed by atoms with Crippen molar-refractivity contribution < 1.29 is 13.3 Å². The zero-order valence-electron chi connectivity index (χ0n) is 22.9. The summed E-state index contributed by atoms with van der Waals surface area (Å²) in [5.74, 6) is 2.55. The minimum atomic E-state index is 0.842. The van der Waals surface area contributed by atoms with Gasteiger partial charge in [-0.2, -0.15) is 0 Å². The van der Waals surface area contributed by atoms with Crippen LogP contribution in [0.25, 0.3) is 99.2 Å². The molecule has 3 heteroatoms. The molecule has 0 unspecified atom stereocenters. The Morgan fingerprint density at radius 3 is 1.23 bits per heavy atom. The quantitative estimate of drug-likeness (QED) is 0.205. The van der Waals surface area contributed by atoms with Crippen LogP contribution in [-0.4, -0.2) is 0 Å². The molecule has 10 rings (SSSR count). The molecule has 0 aliphatic heterocycles. The molecular weight excluding hydrogens is 528 g/mol. The second-order valence-electron chi connectivity index (χ2n) is 11.3. The monoisotopic (exact) mass is 550 g/mol. The Labute approximate surface area is 245 Å². The summed E-state index contributed by atoms with van der Waals surface area (Å²) in [6.07, 6.45) is 0. The van der Waals surface area contributed by atoms with Crippen molar-refractivity contribution in [1.29, 1.82) is 0 Å². The van der Waals surface area contributed by atoms with Crippen LogP contribution in [0.3, 0.4) is 0 Å². The van der Waals surface area contributed by atoms with E-state index in [2.05, 4.69) is 78.9 Å². The van der Waals surface area contributed by atoms with Gasteiger partial charge in [-0.3, -0.25) is 0 Å². The Kier molecular flexibility index (Phi) is 4.45. The molecule has 0 radical (unpaired) electrons. The minimum Gasteiger partial charge on any atom is -0.456 e. The van der Waals surface area contributed by atoms with Crippen molar-refractivity contribution in [3.63, 3.8) is 0 Å². The molecule has 3 nitrogen and oxygen atoms in total. The summed E-state index contributed by atoms with van der Waals surface area (Å²) in [4.78, 5) is 0. The van der Waals surface area contributed by atoms with Gasteiger partial charge in [-0.05, 0) is 80.8 Å². The van der Waals surface area contributed by atoms with Crippen molar-refractivity contribution in [2.45, 2.75) is 0 Å². The third kappa shape index (κ3) is 3.25. The highest BCUT2D eigenvalue weighted by Crippen LogP contribution is 2.47. The Morgan fingerprint density at radius 2 is 0.721 bits per heavy atom. The van der Waals surface area contributed by atoms with Gasteiger partial charge in [0.1, 0.15) is 34.0 Å². The van der Waals surface area contributed by atoms with E-state index in [9.17, 15) is 0 Å². The van der Waals surface area contributed by atoms with Gasteiger partial charge >= 0.3 is 0 Å². The maximum atomic E-state index is 6.48. The van der Waals surface area contributed by atoms with Crippen molar-refractivity contribution in [2.24, 2.45) is 0 Å². The molecule has 0 spiro atoms. The summed E-state index contributed by atoms with van der Waals surface area (Å²) in [7, 11) is 0. The fourth-order valence-electron chi connectivity index (χ4n) is 6.86. The average molecular weight is 551 g/mol. The standard InChI is InChI=1S/C40H22O3/c1-4-10-33-24(7-1)19-36(41-33)27-15-13-23-14-16-29-31(37-20-25-8-2-5-11-34(25)42-37)22-32(30-18-17-28(27)39(23)40(29)30)38-21-26-9-3-6-12-35(26)43-38/h1-22H. The molecule has 0 amide bonds. The van der Waals surface area contributed by atoms with E-state index in [1.807, 2.05) is 54.6 Å². The Balaban J connectivity index is 1.34. The van der Waals surface area contributed by atoms with Gasteiger partial charge in [0.05, 0.1) is 0 Å². The Morgan fingerprint density at radius 1 is 0.302 bits per heavy atom. The predicted octanol–water partition coefficient (Wildman–Crippen LogP) is 11.8. The summed E-state index contributed by atoms with van der Waals surface area (Å²) in [5, 5.41) is 10.3. The van der Waals surface area contributed by atoms with Crippen LogP contribution in [0.5, 0.6) is 0 Å². The topological polar surface area (TPSA) is 39.4 Å². The normalized spacial score (nSPS) is 12.2. The van der Waals surface area contributed by atoms with Gasteiger partial charge in [0.2, 0.25) is 0 Å². The van der Waals surface area contributed by atoms with Gasteiger partial charge in [0.15, 0.2) is 0 Å². The molecule has 43 heavy (non-hydrogen) atoms. The third-order valence-electron chi connectivity index (χ3n) is 8.85. The molecule has 0 saturated carbocycles. The summed E-state index contributed by atoms with van der Waals surface area (Å²) in [5.41, 5.74) is 5.81. The number of rotatable bonds is 3. The van der Waals surface area contributed by atoms with Crippen LogP contribution < -0.4 is 0 Å². The van der Waals surface area contributed by atoms with E-state index in [1.54, 1.807) is 0 Å². The zero-order chi connectivity index (χ0) is 28.1. The van der Waals surface area contributed by atoms with Gasteiger partial charge in [-0.25, -0.2) is 0 Å². The van der Waals surface area contributed by atoms with Crippen LogP contribution in [0.2, 0.25) is 0 Å². The molecule has 200 valence electrons. The molecule has 3 aromatic heterocycles. The van der Waals surface area contributed by atoms with Crippen LogP contribution in [0.1, 0.15) is 0 Å².